The molecule has 0 aliphatic heterocycles. The number of hydrogen-bond acceptors (Lipinski definition) is 2. The van der Waals surface area contributed by atoms with Crippen molar-refractivity contribution in [3.63, 3.8) is 0 Å². The van der Waals surface area contributed by atoms with Gasteiger partial charge in [-0.2, -0.15) is 0 Å². The minimum absolute atomic E-state index is 0.313. The van der Waals surface area contributed by atoms with Crippen molar-refractivity contribution in [3.8, 4) is 0 Å². The van der Waals surface area contributed by atoms with Crippen LogP contribution in [-0.2, 0) is 4.74 Å². The summed E-state index contributed by atoms with van der Waals surface area (Å²) in [4.78, 5) is 3.99. The van der Waals surface area contributed by atoms with Crippen LogP contribution in [0.15, 0.2) is 4.99 Å². The van der Waals surface area contributed by atoms with Crippen molar-refractivity contribution in [2.45, 2.75) is 26.9 Å². The monoisotopic (exact) mass is 129 g/mol. The van der Waals surface area contributed by atoms with Gasteiger partial charge in [-0.05, 0) is 20.8 Å². The van der Waals surface area contributed by atoms with E-state index in [1.54, 1.807) is 6.21 Å². The zero-order valence-corrected chi connectivity index (χ0v) is 6.42. The summed E-state index contributed by atoms with van der Waals surface area (Å²) in [5.41, 5.74) is 0. The van der Waals surface area contributed by atoms with Crippen molar-refractivity contribution in [2.75, 3.05) is 13.2 Å². The van der Waals surface area contributed by atoms with Crippen LogP contribution in [0.3, 0.4) is 0 Å². The van der Waals surface area contributed by atoms with Crippen molar-refractivity contribution < 1.29 is 4.74 Å². The smallest absolute Gasteiger partial charge is 0.0817 e. The van der Waals surface area contributed by atoms with Gasteiger partial charge in [0.2, 0.25) is 0 Å². The Kier molecular flexibility index (Phi) is 5.52. The topological polar surface area (TPSA) is 21.6 Å². The minimum atomic E-state index is 0.313. The first-order chi connectivity index (χ1) is 4.27. The van der Waals surface area contributed by atoms with Crippen LogP contribution in [0.5, 0.6) is 0 Å². The van der Waals surface area contributed by atoms with Gasteiger partial charge in [-0.1, -0.05) is 0 Å². The third kappa shape index (κ3) is 7.63. The van der Waals surface area contributed by atoms with E-state index < -0.39 is 0 Å². The second kappa shape index (κ2) is 5.76. The standard InChI is InChI=1S/C7H15NO/c1-4-8-5-6-9-7(2)3/h5,7H,4,6H2,1-3H3. The average Bonchev–Trinajstić information content (AvgIpc) is 1.80. The molecule has 0 saturated heterocycles. The van der Waals surface area contributed by atoms with E-state index in [4.69, 9.17) is 4.74 Å². The summed E-state index contributed by atoms with van der Waals surface area (Å²) in [6.45, 7) is 7.53. The molecule has 0 aromatic rings. The molecule has 0 aromatic heterocycles. The highest BCUT2D eigenvalue weighted by Crippen LogP contribution is 1.83. The van der Waals surface area contributed by atoms with Gasteiger partial charge in [0.05, 0.1) is 12.7 Å². The minimum Gasteiger partial charge on any atom is -0.373 e. The Morgan fingerprint density at radius 1 is 1.56 bits per heavy atom. The fourth-order valence-electron chi connectivity index (χ4n) is 0.417. The van der Waals surface area contributed by atoms with Gasteiger partial charge in [0, 0.05) is 12.8 Å². The Labute approximate surface area is 56.9 Å². The van der Waals surface area contributed by atoms with Crippen molar-refractivity contribution in [1.29, 1.82) is 0 Å². The van der Waals surface area contributed by atoms with Crippen molar-refractivity contribution in [3.05, 3.63) is 0 Å². The Morgan fingerprint density at radius 3 is 2.67 bits per heavy atom. The van der Waals surface area contributed by atoms with Crippen LogP contribution < -0.4 is 0 Å². The van der Waals surface area contributed by atoms with E-state index in [-0.39, 0.29) is 0 Å². The van der Waals surface area contributed by atoms with Gasteiger partial charge in [0.25, 0.3) is 0 Å². The average molecular weight is 129 g/mol. The molecule has 0 amide bonds. The second-order valence-corrected chi connectivity index (χ2v) is 2.06. The van der Waals surface area contributed by atoms with Crippen molar-refractivity contribution in [2.24, 2.45) is 4.99 Å². The van der Waals surface area contributed by atoms with Gasteiger partial charge in [-0.25, -0.2) is 0 Å². The lowest BCUT2D eigenvalue weighted by atomic mass is 10.5. The lowest BCUT2D eigenvalue weighted by Crippen LogP contribution is -2.04. The molecule has 0 saturated carbocycles. The third-order valence-electron chi connectivity index (χ3n) is 0.816. The van der Waals surface area contributed by atoms with Crippen LogP contribution in [0.1, 0.15) is 20.8 Å². The molecule has 0 fully saturated rings. The number of nitrogens with zero attached hydrogens (tertiary/aromatic N) is 1. The van der Waals surface area contributed by atoms with E-state index >= 15 is 0 Å². The van der Waals surface area contributed by atoms with Crippen LogP contribution in [0.4, 0.5) is 0 Å². The van der Waals surface area contributed by atoms with Crippen LogP contribution >= 0.6 is 0 Å². The van der Waals surface area contributed by atoms with Crippen molar-refractivity contribution in [1.82, 2.24) is 0 Å². The summed E-state index contributed by atoms with van der Waals surface area (Å²) >= 11 is 0. The summed E-state index contributed by atoms with van der Waals surface area (Å²) < 4.78 is 5.19. The maximum Gasteiger partial charge on any atom is 0.0817 e. The van der Waals surface area contributed by atoms with Gasteiger partial charge in [0.15, 0.2) is 0 Å². The van der Waals surface area contributed by atoms with Crippen molar-refractivity contribution >= 4 is 6.21 Å². The number of rotatable bonds is 4. The van der Waals surface area contributed by atoms with E-state index in [0.29, 0.717) is 12.7 Å². The molecule has 0 aromatic carbocycles. The second-order valence-electron chi connectivity index (χ2n) is 2.06. The van der Waals surface area contributed by atoms with Gasteiger partial charge >= 0.3 is 0 Å². The summed E-state index contributed by atoms with van der Waals surface area (Å²) in [5, 5.41) is 0. The molecule has 0 aliphatic carbocycles. The maximum absolute atomic E-state index is 5.19. The molecule has 2 heteroatoms. The molecule has 2 nitrogen and oxygen atoms in total. The largest absolute Gasteiger partial charge is 0.373 e. The quantitative estimate of drug-likeness (QED) is 0.527. The van der Waals surface area contributed by atoms with E-state index in [0.717, 1.165) is 6.54 Å². The van der Waals surface area contributed by atoms with Gasteiger partial charge in [-0.15, -0.1) is 0 Å². The van der Waals surface area contributed by atoms with Gasteiger partial charge in [0.1, 0.15) is 0 Å². The first kappa shape index (κ1) is 8.63. The van der Waals surface area contributed by atoms with E-state index in [2.05, 4.69) is 4.99 Å². The molecule has 0 N–H and O–H groups in total. The lowest BCUT2D eigenvalue weighted by molar-refractivity contribution is 0.113. The molecule has 0 bridgehead atoms. The van der Waals surface area contributed by atoms with Crippen LogP contribution in [-0.4, -0.2) is 25.5 Å². The first-order valence-corrected chi connectivity index (χ1v) is 3.37. The number of ether oxygens (including phenoxy) is 1. The summed E-state index contributed by atoms with van der Waals surface area (Å²) in [6, 6.07) is 0. The molecule has 0 unspecified atom stereocenters. The third-order valence-corrected chi connectivity index (χ3v) is 0.816. The number of hydrogen-bond donors (Lipinski definition) is 0. The fraction of sp³-hybridized carbons (Fsp3) is 0.857. The Balaban J connectivity index is 2.99. The summed E-state index contributed by atoms with van der Waals surface area (Å²) in [7, 11) is 0. The zero-order valence-electron chi connectivity index (χ0n) is 6.42. The SMILES string of the molecule is CCN=CCOC(C)C. The molecule has 0 heterocycles. The van der Waals surface area contributed by atoms with E-state index in [1.807, 2.05) is 20.8 Å². The predicted molar refractivity (Wildman–Crippen MR) is 40.1 cm³/mol. The van der Waals surface area contributed by atoms with E-state index in [1.165, 1.54) is 0 Å². The molecule has 54 valence electrons. The Bertz CT molecular complexity index is 79.0. The maximum atomic E-state index is 5.19. The molecular formula is C7H15NO. The predicted octanol–water partition coefficient (Wildman–Crippen LogP) is 1.50. The fourth-order valence-corrected chi connectivity index (χ4v) is 0.417. The van der Waals surface area contributed by atoms with Crippen LogP contribution in [0.25, 0.3) is 0 Å². The van der Waals surface area contributed by atoms with Gasteiger partial charge < -0.3 is 4.74 Å². The zero-order chi connectivity index (χ0) is 7.11. The van der Waals surface area contributed by atoms with Gasteiger partial charge in [-0.3, -0.25) is 4.99 Å². The molecule has 0 aliphatic rings. The summed E-state index contributed by atoms with van der Waals surface area (Å²) in [5.74, 6) is 0. The molecule has 0 spiro atoms. The van der Waals surface area contributed by atoms with Crippen LogP contribution in [0.2, 0.25) is 0 Å². The molecule has 0 rings (SSSR count). The van der Waals surface area contributed by atoms with E-state index in [9.17, 15) is 0 Å². The summed E-state index contributed by atoms with van der Waals surface area (Å²) in [6.07, 6.45) is 2.12. The normalized spacial score (nSPS) is 11.6. The number of aliphatic imine (C=N–C) groups is 1. The molecular weight excluding hydrogens is 114 g/mol. The highest BCUT2D eigenvalue weighted by Gasteiger charge is 1.86. The molecule has 0 atom stereocenters. The Hall–Kier alpha value is -0.370. The van der Waals surface area contributed by atoms with Crippen LogP contribution in [0, 0.1) is 0 Å². The molecule has 9 heavy (non-hydrogen) atoms. The molecule has 0 radical (unpaired) electrons. The highest BCUT2D eigenvalue weighted by atomic mass is 16.5. The Morgan fingerprint density at radius 2 is 2.22 bits per heavy atom. The highest BCUT2D eigenvalue weighted by molar-refractivity contribution is 5.58. The first-order valence-electron chi connectivity index (χ1n) is 3.37. The lowest BCUT2D eigenvalue weighted by Gasteiger charge is -2.01.